The van der Waals surface area contributed by atoms with Gasteiger partial charge in [0.2, 0.25) is 5.91 Å². The molecular formula is C15H23BrN2O. The highest BCUT2D eigenvalue weighted by atomic mass is 79.9. The molecule has 106 valence electrons. The van der Waals surface area contributed by atoms with Gasteiger partial charge in [-0.3, -0.25) is 4.79 Å². The minimum absolute atomic E-state index is 0.286. The van der Waals surface area contributed by atoms with Crippen LogP contribution in [-0.4, -0.2) is 11.9 Å². The third kappa shape index (κ3) is 6.10. The fourth-order valence-electron chi connectivity index (χ4n) is 2.00. The van der Waals surface area contributed by atoms with Crippen molar-refractivity contribution in [3.63, 3.8) is 0 Å². The van der Waals surface area contributed by atoms with Crippen LogP contribution >= 0.6 is 15.9 Å². The van der Waals surface area contributed by atoms with E-state index in [1.165, 1.54) is 19.3 Å². The lowest BCUT2D eigenvalue weighted by atomic mass is 10.1. The summed E-state index contributed by atoms with van der Waals surface area (Å²) < 4.78 is 0.951. The van der Waals surface area contributed by atoms with Gasteiger partial charge in [-0.25, -0.2) is 0 Å². The van der Waals surface area contributed by atoms with E-state index in [4.69, 9.17) is 5.73 Å². The van der Waals surface area contributed by atoms with Gasteiger partial charge in [-0.2, -0.15) is 0 Å². The van der Waals surface area contributed by atoms with E-state index in [1.807, 2.05) is 24.3 Å². The number of hydrogen-bond acceptors (Lipinski definition) is 2. The second-order valence-corrected chi connectivity index (χ2v) is 5.64. The van der Waals surface area contributed by atoms with Gasteiger partial charge in [-0.1, -0.05) is 51.2 Å². The number of nitrogens with one attached hydrogen (secondary N) is 1. The highest BCUT2D eigenvalue weighted by molar-refractivity contribution is 9.10. The zero-order chi connectivity index (χ0) is 14.1. The van der Waals surface area contributed by atoms with Crippen molar-refractivity contribution >= 4 is 27.5 Å². The summed E-state index contributed by atoms with van der Waals surface area (Å²) in [4.78, 5) is 11.5. The molecule has 3 nitrogen and oxygen atoms in total. The predicted octanol–water partition coefficient (Wildman–Crippen LogP) is 4.08. The molecule has 0 spiro atoms. The molecule has 1 aromatic carbocycles. The SMILES string of the molecule is CCCCCCCC(Nc1ccccc1Br)C(N)=O. The van der Waals surface area contributed by atoms with Crippen molar-refractivity contribution in [2.45, 2.75) is 51.5 Å². The van der Waals surface area contributed by atoms with Crippen LogP contribution < -0.4 is 11.1 Å². The van der Waals surface area contributed by atoms with E-state index in [0.717, 1.165) is 29.4 Å². The molecule has 0 heterocycles. The van der Waals surface area contributed by atoms with Crippen LogP contribution in [0.5, 0.6) is 0 Å². The summed E-state index contributed by atoms with van der Waals surface area (Å²) in [6.45, 7) is 2.20. The summed E-state index contributed by atoms with van der Waals surface area (Å²) in [5.41, 5.74) is 6.38. The number of carbonyl (C=O) groups excluding carboxylic acids is 1. The van der Waals surface area contributed by atoms with E-state index in [1.54, 1.807) is 0 Å². The molecule has 19 heavy (non-hydrogen) atoms. The van der Waals surface area contributed by atoms with E-state index in [0.29, 0.717) is 0 Å². The highest BCUT2D eigenvalue weighted by Gasteiger charge is 2.15. The van der Waals surface area contributed by atoms with Gasteiger partial charge < -0.3 is 11.1 Å². The summed E-state index contributed by atoms with van der Waals surface area (Å²) in [6.07, 6.45) is 6.71. The number of nitrogens with two attached hydrogens (primary N) is 1. The summed E-state index contributed by atoms with van der Waals surface area (Å²) in [7, 11) is 0. The Morgan fingerprint density at radius 3 is 2.58 bits per heavy atom. The number of unbranched alkanes of at least 4 members (excludes halogenated alkanes) is 4. The van der Waals surface area contributed by atoms with Crippen LogP contribution in [0.2, 0.25) is 0 Å². The number of halogens is 1. The molecule has 0 aliphatic heterocycles. The summed E-state index contributed by atoms with van der Waals surface area (Å²) in [5.74, 6) is -0.286. The first-order valence-electron chi connectivity index (χ1n) is 6.95. The Hall–Kier alpha value is -1.03. The molecule has 1 rings (SSSR count). The smallest absolute Gasteiger partial charge is 0.239 e. The van der Waals surface area contributed by atoms with Crippen LogP contribution in [-0.2, 0) is 4.79 Å². The topological polar surface area (TPSA) is 55.1 Å². The van der Waals surface area contributed by atoms with Gasteiger partial charge in [0.15, 0.2) is 0 Å². The van der Waals surface area contributed by atoms with Gasteiger partial charge in [0, 0.05) is 10.2 Å². The van der Waals surface area contributed by atoms with Crippen LogP contribution in [0, 0.1) is 0 Å². The highest BCUT2D eigenvalue weighted by Crippen LogP contribution is 2.23. The van der Waals surface area contributed by atoms with Crippen LogP contribution in [0.15, 0.2) is 28.7 Å². The van der Waals surface area contributed by atoms with E-state index >= 15 is 0 Å². The lowest BCUT2D eigenvalue weighted by molar-refractivity contribution is -0.118. The largest absolute Gasteiger partial charge is 0.373 e. The molecule has 0 aliphatic carbocycles. The number of rotatable bonds is 9. The Morgan fingerprint density at radius 1 is 1.26 bits per heavy atom. The molecule has 1 aromatic rings. The van der Waals surface area contributed by atoms with Crippen molar-refractivity contribution in [3.8, 4) is 0 Å². The quantitative estimate of drug-likeness (QED) is 0.672. The molecule has 1 amide bonds. The number of carbonyl (C=O) groups is 1. The zero-order valence-corrected chi connectivity index (χ0v) is 13.1. The maximum Gasteiger partial charge on any atom is 0.239 e. The van der Waals surface area contributed by atoms with Crippen LogP contribution in [0.25, 0.3) is 0 Å². The Balaban J connectivity index is 2.45. The number of amides is 1. The number of benzene rings is 1. The average Bonchev–Trinajstić information content (AvgIpc) is 2.39. The molecule has 0 bridgehead atoms. The third-order valence-electron chi connectivity index (χ3n) is 3.14. The van der Waals surface area contributed by atoms with Gasteiger partial charge in [0.05, 0.1) is 0 Å². The van der Waals surface area contributed by atoms with Crippen molar-refractivity contribution in [3.05, 3.63) is 28.7 Å². The molecule has 0 radical (unpaired) electrons. The minimum Gasteiger partial charge on any atom is -0.373 e. The standard InChI is InChI=1S/C15H23BrN2O/c1-2-3-4-5-6-11-14(15(17)19)18-13-10-8-7-9-12(13)16/h7-10,14,18H,2-6,11H2,1H3,(H2,17,19). The Morgan fingerprint density at radius 2 is 1.95 bits per heavy atom. The zero-order valence-electron chi connectivity index (χ0n) is 11.5. The number of para-hydroxylation sites is 1. The lowest BCUT2D eigenvalue weighted by Gasteiger charge is -2.17. The van der Waals surface area contributed by atoms with Crippen LogP contribution in [0.4, 0.5) is 5.69 Å². The van der Waals surface area contributed by atoms with Crippen LogP contribution in [0.3, 0.4) is 0 Å². The van der Waals surface area contributed by atoms with E-state index in [9.17, 15) is 4.79 Å². The molecule has 0 aliphatic rings. The Kier molecular flexibility index (Phi) is 7.56. The van der Waals surface area contributed by atoms with Gasteiger partial charge in [0.1, 0.15) is 6.04 Å². The van der Waals surface area contributed by atoms with Gasteiger partial charge in [0.25, 0.3) is 0 Å². The first kappa shape index (κ1) is 16.0. The molecule has 0 saturated heterocycles. The Bertz CT molecular complexity index is 395. The maximum absolute atomic E-state index is 11.5. The second-order valence-electron chi connectivity index (χ2n) is 4.78. The molecule has 3 N–H and O–H groups in total. The fraction of sp³-hybridized carbons (Fsp3) is 0.533. The molecule has 0 aromatic heterocycles. The predicted molar refractivity (Wildman–Crippen MR) is 84.1 cm³/mol. The number of anilines is 1. The molecule has 0 saturated carbocycles. The fourth-order valence-corrected chi connectivity index (χ4v) is 2.40. The van der Waals surface area contributed by atoms with Gasteiger partial charge in [-0.05, 0) is 34.5 Å². The van der Waals surface area contributed by atoms with Crippen molar-refractivity contribution in [2.24, 2.45) is 5.73 Å². The number of primary amides is 1. The lowest BCUT2D eigenvalue weighted by Crippen LogP contribution is -2.35. The van der Waals surface area contributed by atoms with Crippen molar-refractivity contribution in [1.29, 1.82) is 0 Å². The summed E-state index contributed by atoms with van der Waals surface area (Å²) >= 11 is 3.46. The van der Waals surface area contributed by atoms with E-state index < -0.39 is 0 Å². The van der Waals surface area contributed by atoms with E-state index in [-0.39, 0.29) is 11.9 Å². The second kappa shape index (κ2) is 8.97. The average molecular weight is 327 g/mol. The molecule has 0 fully saturated rings. The minimum atomic E-state index is -0.291. The van der Waals surface area contributed by atoms with Crippen molar-refractivity contribution in [1.82, 2.24) is 0 Å². The molecule has 1 atom stereocenters. The first-order valence-corrected chi connectivity index (χ1v) is 7.74. The Labute approximate surface area is 124 Å². The summed E-state index contributed by atoms with van der Waals surface area (Å²) in [5, 5.41) is 3.22. The number of hydrogen-bond donors (Lipinski definition) is 2. The normalized spacial score (nSPS) is 12.1. The third-order valence-corrected chi connectivity index (χ3v) is 3.83. The maximum atomic E-state index is 11.5. The van der Waals surface area contributed by atoms with Crippen LogP contribution in [0.1, 0.15) is 45.4 Å². The monoisotopic (exact) mass is 326 g/mol. The van der Waals surface area contributed by atoms with E-state index in [2.05, 4.69) is 28.2 Å². The van der Waals surface area contributed by atoms with Gasteiger partial charge in [-0.15, -0.1) is 0 Å². The molecular weight excluding hydrogens is 304 g/mol. The van der Waals surface area contributed by atoms with Crippen molar-refractivity contribution in [2.75, 3.05) is 5.32 Å². The van der Waals surface area contributed by atoms with Crippen molar-refractivity contribution < 1.29 is 4.79 Å². The molecule has 4 heteroatoms. The van der Waals surface area contributed by atoms with Gasteiger partial charge >= 0.3 is 0 Å². The summed E-state index contributed by atoms with van der Waals surface area (Å²) in [6, 6.07) is 7.48. The first-order chi connectivity index (χ1) is 9.15. The molecule has 1 unspecified atom stereocenters.